The summed E-state index contributed by atoms with van der Waals surface area (Å²) < 4.78 is 0.987. The molecular formula is C18H14BrN3O2S2. The summed E-state index contributed by atoms with van der Waals surface area (Å²) in [5.41, 5.74) is 2.09. The van der Waals surface area contributed by atoms with Gasteiger partial charge in [0.25, 0.3) is 5.56 Å². The van der Waals surface area contributed by atoms with Crippen LogP contribution < -0.4 is 10.9 Å². The van der Waals surface area contributed by atoms with Gasteiger partial charge in [0.15, 0.2) is 5.78 Å². The summed E-state index contributed by atoms with van der Waals surface area (Å²) in [6, 6.07) is 8.07. The second-order valence-electron chi connectivity index (χ2n) is 6.50. The molecule has 1 aliphatic carbocycles. The molecule has 0 radical (unpaired) electrons. The van der Waals surface area contributed by atoms with E-state index in [1.165, 1.54) is 4.88 Å². The van der Waals surface area contributed by atoms with Crippen LogP contribution in [-0.4, -0.2) is 16.0 Å². The summed E-state index contributed by atoms with van der Waals surface area (Å²) >= 11 is 6.75. The van der Waals surface area contributed by atoms with Crippen LogP contribution in [0.1, 0.15) is 40.0 Å². The van der Waals surface area contributed by atoms with E-state index in [1.807, 2.05) is 23.6 Å². The molecule has 0 spiro atoms. The average Bonchev–Trinajstić information content (AvgIpc) is 3.35. The zero-order chi connectivity index (χ0) is 17.8. The van der Waals surface area contributed by atoms with E-state index >= 15 is 0 Å². The number of ketones is 1. The quantitative estimate of drug-likeness (QED) is 0.539. The highest BCUT2D eigenvalue weighted by Gasteiger charge is 2.41. The summed E-state index contributed by atoms with van der Waals surface area (Å²) in [5.74, 6) is 0.668. The maximum absolute atomic E-state index is 13.1. The number of halogens is 1. The third-order valence-electron chi connectivity index (χ3n) is 5.00. The summed E-state index contributed by atoms with van der Waals surface area (Å²) in [4.78, 5) is 27.8. The van der Waals surface area contributed by atoms with E-state index < -0.39 is 0 Å². The van der Waals surface area contributed by atoms with Crippen molar-refractivity contribution in [2.75, 3.05) is 5.32 Å². The SMILES string of the molecule is O=C1CC(c2cccs2)CC2=C1C(c1ccc(Br)s1)c1c([nH][nH]c1=O)N2. The molecule has 3 aromatic rings. The van der Waals surface area contributed by atoms with Gasteiger partial charge in [0.05, 0.1) is 15.3 Å². The van der Waals surface area contributed by atoms with Crippen LogP contribution in [0.2, 0.25) is 0 Å². The van der Waals surface area contributed by atoms with Gasteiger partial charge in [-0.05, 0) is 45.9 Å². The number of hydrogen-bond donors (Lipinski definition) is 3. The molecule has 0 fully saturated rings. The van der Waals surface area contributed by atoms with Crippen LogP contribution in [0.4, 0.5) is 5.82 Å². The van der Waals surface area contributed by atoms with Gasteiger partial charge in [-0.15, -0.1) is 22.7 Å². The van der Waals surface area contributed by atoms with E-state index in [9.17, 15) is 9.59 Å². The molecule has 26 heavy (non-hydrogen) atoms. The molecule has 3 aromatic heterocycles. The van der Waals surface area contributed by atoms with E-state index in [2.05, 4.69) is 37.5 Å². The lowest BCUT2D eigenvalue weighted by atomic mass is 9.76. The number of thiophene rings is 2. The second kappa shape index (κ2) is 6.07. The Balaban J connectivity index is 1.66. The molecule has 0 amide bonds. The number of aromatic nitrogens is 2. The minimum atomic E-state index is -0.315. The molecule has 132 valence electrons. The molecule has 8 heteroatoms. The zero-order valence-electron chi connectivity index (χ0n) is 13.5. The van der Waals surface area contributed by atoms with Gasteiger partial charge in [-0.2, -0.15) is 0 Å². The van der Waals surface area contributed by atoms with Gasteiger partial charge >= 0.3 is 0 Å². The van der Waals surface area contributed by atoms with Crippen molar-refractivity contribution in [2.24, 2.45) is 0 Å². The van der Waals surface area contributed by atoms with Crippen LogP contribution >= 0.6 is 38.6 Å². The van der Waals surface area contributed by atoms with Crippen LogP contribution in [0.15, 0.2) is 49.5 Å². The lowest BCUT2D eigenvalue weighted by Crippen LogP contribution is -2.31. The number of allylic oxidation sites excluding steroid dienone is 2. The molecule has 3 N–H and O–H groups in total. The smallest absolute Gasteiger partial charge is 0.270 e. The summed E-state index contributed by atoms with van der Waals surface area (Å²) in [7, 11) is 0. The lowest BCUT2D eigenvalue weighted by Gasteiger charge is -2.33. The Morgan fingerprint density at radius 1 is 1.08 bits per heavy atom. The maximum Gasteiger partial charge on any atom is 0.270 e. The second-order valence-corrected chi connectivity index (χ2v) is 9.98. The fourth-order valence-corrected chi connectivity index (χ4v) is 6.29. The Kier molecular flexibility index (Phi) is 3.80. The number of carbonyl (C=O) groups excluding carboxylic acids is 1. The molecule has 2 atom stereocenters. The highest BCUT2D eigenvalue weighted by Crippen LogP contribution is 2.48. The zero-order valence-corrected chi connectivity index (χ0v) is 16.7. The first kappa shape index (κ1) is 16.3. The van der Waals surface area contributed by atoms with Crippen molar-refractivity contribution in [2.45, 2.75) is 24.7 Å². The first-order valence-corrected chi connectivity index (χ1v) is 10.7. The van der Waals surface area contributed by atoms with Crippen LogP contribution in [0, 0.1) is 0 Å². The number of anilines is 1. The summed E-state index contributed by atoms with van der Waals surface area (Å²) in [6.45, 7) is 0. The van der Waals surface area contributed by atoms with Gasteiger partial charge in [-0.3, -0.25) is 19.8 Å². The van der Waals surface area contributed by atoms with Gasteiger partial charge in [-0.25, -0.2) is 0 Å². The standard InChI is InChI=1S/C18H14BrN3O2S2/c19-13-4-3-12(26-13)15-14-9(20-17-16(15)18(24)22-21-17)6-8(7-10(14)23)11-2-1-5-25-11/h1-5,8,15H,6-7H2,(H3,20,21,22,24). The van der Waals surface area contributed by atoms with E-state index in [0.717, 1.165) is 26.4 Å². The van der Waals surface area contributed by atoms with Crippen LogP contribution in [-0.2, 0) is 4.79 Å². The van der Waals surface area contributed by atoms with E-state index in [0.29, 0.717) is 17.8 Å². The number of hydrogen-bond acceptors (Lipinski definition) is 5. The van der Waals surface area contributed by atoms with Crippen molar-refractivity contribution < 1.29 is 4.79 Å². The number of H-pyrrole nitrogens is 2. The highest BCUT2D eigenvalue weighted by atomic mass is 79.9. The van der Waals surface area contributed by atoms with Gasteiger partial charge in [0.2, 0.25) is 0 Å². The number of carbonyl (C=O) groups is 1. The minimum Gasteiger partial charge on any atom is -0.343 e. The number of fused-ring (bicyclic) bond motifs is 1. The van der Waals surface area contributed by atoms with E-state index in [-0.39, 0.29) is 23.2 Å². The number of rotatable bonds is 2. The molecule has 1 aliphatic heterocycles. The normalized spacial score (nSPS) is 22.1. The van der Waals surface area contributed by atoms with Crippen molar-refractivity contribution >= 4 is 50.2 Å². The molecule has 5 rings (SSSR count). The molecule has 2 aliphatic rings. The van der Waals surface area contributed by atoms with Gasteiger partial charge in [0, 0.05) is 33.4 Å². The predicted molar refractivity (Wildman–Crippen MR) is 107 cm³/mol. The molecule has 0 aromatic carbocycles. The highest BCUT2D eigenvalue weighted by molar-refractivity contribution is 9.11. The van der Waals surface area contributed by atoms with Gasteiger partial charge < -0.3 is 5.32 Å². The van der Waals surface area contributed by atoms with Crippen molar-refractivity contribution in [1.82, 2.24) is 10.2 Å². The van der Waals surface area contributed by atoms with Crippen molar-refractivity contribution in [3.8, 4) is 0 Å². The minimum absolute atomic E-state index is 0.123. The lowest BCUT2D eigenvalue weighted by molar-refractivity contribution is -0.116. The molecule has 4 heterocycles. The molecule has 2 unspecified atom stereocenters. The fourth-order valence-electron chi connectivity index (χ4n) is 3.91. The van der Waals surface area contributed by atoms with E-state index in [4.69, 9.17) is 0 Å². The van der Waals surface area contributed by atoms with E-state index in [1.54, 1.807) is 22.7 Å². The molecular weight excluding hydrogens is 434 g/mol. The average molecular weight is 448 g/mol. The first-order valence-electron chi connectivity index (χ1n) is 8.24. The first-order chi connectivity index (χ1) is 12.6. The topological polar surface area (TPSA) is 77.8 Å². The molecule has 0 saturated heterocycles. The van der Waals surface area contributed by atoms with Gasteiger partial charge in [-0.1, -0.05) is 6.07 Å². The Labute approximate surface area is 165 Å². The number of aromatic amines is 2. The summed E-state index contributed by atoms with van der Waals surface area (Å²) in [5, 5.41) is 11.0. The predicted octanol–water partition coefficient (Wildman–Crippen LogP) is 4.55. The van der Waals surface area contributed by atoms with Crippen LogP contribution in [0.25, 0.3) is 0 Å². The number of Topliss-reactive ketones (excluding diaryl/α,β-unsaturated/α-hetero) is 1. The number of nitrogens with one attached hydrogen (secondary N) is 3. The molecule has 0 saturated carbocycles. The Hall–Kier alpha value is -1.90. The maximum atomic E-state index is 13.1. The largest absolute Gasteiger partial charge is 0.343 e. The van der Waals surface area contributed by atoms with Crippen LogP contribution in [0.5, 0.6) is 0 Å². The third kappa shape index (κ3) is 2.47. The van der Waals surface area contributed by atoms with Crippen molar-refractivity contribution in [3.05, 3.63) is 70.4 Å². The third-order valence-corrected chi connectivity index (χ3v) is 7.72. The Morgan fingerprint density at radius 2 is 1.96 bits per heavy atom. The Morgan fingerprint density at radius 3 is 2.69 bits per heavy atom. The molecule has 5 nitrogen and oxygen atoms in total. The van der Waals surface area contributed by atoms with Crippen molar-refractivity contribution in [1.29, 1.82) is 0 Å². The summed E-state index contributed by atoms with van der Waals surface area (Å²) in [6.07, 6.45) is 1.26. The molecule has 0 bridgehead atoms. The van der Waals surface area contributed by atoms with Gasteiger partial charge in [0.1, 0.15) is 5.82 Å². The van der Waals surface area contributed by atoms with Crippen molar-refractivity contribution in [3.63, 3.8) is 0 Å². The van der Waals surface area contributed by atoms with Crippen LogP contribution in [0.3, 0.4) is 0 Å². The Bertz CT molecular complexity index is 1090. The fraction of sp³-hybridized carbons (Fsp3) is 0.222. The monoisotopic (exact) mass is 447 g/mol.